The van der Waals surface area contributed by atoms with Gasteiger partial charge in [0.2, 0.25) is 5.91 Å². The lowest BCUT2D eigenvalue weighted by atomic mass is 9.95. The highest BCUT2D eigenvalue weighted by atomic mass is 16.5. The van der Waals surface area contributed by atoms with Gasteiger partial charge in [-0.05, 0) is 38.8 Å². The van der Waals surface area contributed by atoms with E-state index in [1.807, 2.05) is 0 Å². The number of nitrogens with one attached hydrogen (secondary N) is 2. The number of amides is 1. The molecular weight excluding hydrogens is 228 g/mol. The first-order valence-electron chi connectivity index (χ1n) is 7.29. The van der Waals surface area contributed by atoms with Crippen molar-refractivity contribution in [3.8, 4) is 0 Å². The molecule has 1 heterocycles. The lowest BCUT2D eigenvalue weighted by Crippen LogP contribution is -2.41. The van der Waals surface area contributed by atoms with E-state index in [1.165, 1.54) is 0 Å². The summed E-state index contributed by atoms with van der Waals surface area (Å²) in [5.41, 5.74) is 0. The fourth-order valence-corrected chi connectivity index (χ4v) is 2.56. The largest absolute Gasteiger partial charge is 0.368 e. The molecule has 0 aromatic heterocycles. The molecule has 1 fully saturated rings. The SMILES string of the molecule is CCC(CC)C(C)NC(=O)COC1CCNCC1. The van der Waals surface area contributed by atoms with Gasteiger partial charge in [-0.15, -0.1) is 0 Å². The maximum absolute atomic E-state index is 11.8. The van der Waals surface area contributed by atoms with Gasteiger partial charge in [0.05, 0.1) is 6.10 Å². The minimum absolute atomic E-state index is 0.0212. The van der Waals surface area contributed by atoms with Crippen LogP contribution in [0.5, 0.6) is 0 Å². The third-order valence-corrected chi connectivity index (χ3v) is 3.88. The van der Waals surface area contributed by atoms with E-state index in [0.29, 0.717) is 5.92 Å². The Balaban J connectivity index is 2.19. The third kappa shape index (κ3) is 5.36. The summed E-state index contributed by atoms with van der Waals surface area (Å²) in [6.07, 6.45) is 4.48. The van der Waals surface area contributed by atoms with Gasteiger partial charge in [-0.3, -0.25) is 4.79 Å². The Hall–Kier alpha value is -0.610. The summed E-state index contributed by atoms with van der Waals surface area (Å²) >= 11 is 0. The molecular formula is C14H28N2O2. The second-order valence-corrected chi connectivity index (χ2v) is 5.19. The van der Waals surface area contributed by atoms with E-state index >= 15 is 0 Å². The van der Waals surface area contributed by atoms with Gasteiger partial charge in [0.25, 0.3) is 0 Å². The van der Waals surface area contributed by atoms with Crippen LogP contribution in [-0.2, 0) is 9.53 Å². The molecule has 0 saturated carbocycles. The van der Waals surface area contributed by atoms with Crippen LogP contribution in [-0.4, -0.2) is 37.7 Å². The molecule has 4 nitrogen and oxygen atoms in total. The van der Waals surface area contributed by atoms with Crippen LogP contribution in [0.1, 0.15) is 46.5 Å². The van der Waals surface area contributed by atoms with E-state index in [-0.39, 0.29) is 24.7 Å². The predicted octanol–water partition coefficient (Wildman–Crippen LogP) is 1.70. The topological polar surface area (TPSA) is 50.4 Å². The van der Waals surface area contributed by atoms with Gasteiger partial charge in [-0.25, -0.2) is 0 Å². The summed E-state index contributed by atoms with van der Waals surface area (Å²) in [5.74, 6) is 0.584. The molecule has 1 amide bonds. The van der Waals surface area contributed by atoms with Crippen molar-refractivity contribution in [1.82, 2.24) is 10.6 Å². The standard InChI is InChI=1S/C14H28N2O2/c1-4-12(5-2)11(3)16-14(17)10-18-13-6-8-15-9-7-13/h11-13,15H,4-10H2,1-3H3,(H,16,17). The molecule has 2 N–H and O–H groups in total. The van der Waals surface area contributed by atoms with E-state index in [9.17, 15) is 4.79 Å². The average molecular weight is 256 g/mol. The van der Waals surface area contributed by atoms with Crippen molar-refractivity contribution in [2.75, 3.05) is 19.7 Å². The number of carbonyl (C=O) groups is 1. The zero-order chi connectivity index (χ0) is 13.4. The fraction of sp³-hybridized carbons (Fsp3) is 0.929. The van der Waals surface area contributed by atoms with Crippen molar-refractivity contribution in [2.24, 2.45) is 5.92 Å². The third-order valence-electron chi connectivity index (χ3n) is 3.88. The van der Waals surface area contributed by atoms with Crippen molar-refractivity contribution >= 4 is 5.91 Å². The van der Waals surface area contributed by atoms with Crippen LogP contribution in [0.25, 0.3) is 0 Å². The van der Waals surface area contributed by atoms with E-state index in [1.54, 1.807) is 0 Å². The van der Waals surface area contributed by atoms with Crippen LogP contribution >= 0.6 is 0 Å². The van der Waals surface area contributed by atoms with Gasteiger partial charge in [-0.1, -0.05) is 26.7 Å². The highest BCUT2D eigenvalue weighted by Crippen LogP contribution is 2.12. The van der Waals surface area contributed by atoms with Gasteiger partial charge in [0.1, 0.15) is 6.61 Å². The van der Waals surface area contributed by atoms with Crippen LogP contribution in [0.3, 0.4) is 0 Å². The molecule has 0 bridgehead atoms. The van der Waals surface area contributed by atoms with Crippen molar-refractivity contribution in [3.05, 3.63) is 0 Å². The number of hydrogen-bond donors (Lipinski definition) is 2. The average Bonchev–Trinajstić information content (AvgIpc) is 2.39. The van der Waals surface area contributed by atoms with Crippen LogP contribution in [0.2, 0.25) is 0 Å². The number of piperidine rings is 1. The summed E-state index contributed by atoms with van der Waals surface area (Å²) < 4.78 is 5.64. The summed E-state index contributed by atoms with van der Waals surface area (Å²) in [6.45, 7) is 8.62. The Labute approximate surface area is 111 Å². The first-order valence-corrected chi connectivity index (χ1v) is 7.29. The number of hydrogen-bond acceptors (Lipinski definition) is 3. The second kappa shape index (κ2) is 8.48. The predicted molar refractivity (Wildman–Crippen MR) is 73.5 cm³/mol. The van der Waals surface area contributed by atoms with Crippen LogP contribution < -0.4 is 10.6 Å². The van der Waals surface area contributed by atoms with E-state index in [4.69, 9.17) is 4.74 Å². The van der Waals surface area contributed by atoms with E-state index in [2.05, 4.69) is 31.4 Å². The van der Waals surface area contributed by atoms with Crippen molar-refractivity contribution in [2.45, 2.75) is 58.6 Å². The molecule has 0 spiro atoms. The van der Waals surface area contributed by atoms with Gasteiger partial charge in [0.15, 0.2) is 0 Å². The minimum Gasteiger partial charge on any atom is -0.368 e. The monoisotopic (exact) mass is 256 g/mol. The maximum Gasteiger partial charge on any atom is 0.246 e. The van der Waals surface area contributed by atoms with Gasteiger partial charge < -0.3 is 15.4 Å². The lowest BCUT2D eigenvalue weighted by Gasteiger charge is -2.25. The van der Waals surface area contributed by atoms with Crippen molar-refractivity contribution < 1.29 is 9.53 Å². The molecule has 0 aromatic carbocycles. The highest BCUT2D eigenvalue weighted by Gasteiger charge is 2.18. The van der Waals surface area contributed by atoms with Gasteiger partial charge >= 0.3 is 0 Å². The van der Waals surface area contributed by atoms with Crippen LogP contribution in [0.4, 0.5) is 0 Å². The Morgan fingerprint density at radius 1 is 1.33 bits per heavy atom. The molecule has 1 aliphatic heterocycles. The first-order chi connectivity index (χ1) is 8.67. The quantitative estimate of drug-likeness (QED) is 0.729. The molecule has 1 atom stereocenters. The van der Waals surface area contributed by atoms with Crippen molar-refractivity contribution in [3.63, 3.8) is 0 Å². The van der Waals surface area contributed by atoms with Crippen LogP contribution in [0.15, 0.2) is 0 Å². The number of carbonyl (C=O) groups excluding carboxylic acids is 1. The number of ether oxygens (including phenoxy) is 1. The Morgan fingerprint density at radius 3 is 2.50 bits per heavy atom. The summed E-state index contributed by atoms with van der Waals surface area (Å²) in [6, 6.07) is 0.240. The highest BCUT2D eigenvalue weighted by molar-refractivity contribution is 5.77. The summed E-state index contributed by atoms with van der Waals surface area (Å²) in [4.78, 5) is 11.8. The first kappa shape index (κ1) is 15.4. The lowest BCUT2D eigenvalue weighted by molar-refractivity contribution is -0.129. The molecule has 18 heavy (non-hydrogen) atoms. The Bertz CT molecular complexity index is 236. The maximum atomic E-state index is 11.8. The number of rotatable bonds is 7. The van der Waals surface area contributed by atoms with E-state index in [0.717, 1.165) is 38.8 Å². The molecule has 4 heteroatoms. The molecule has 1 unspecified atom stereocenters. The zero-order valence-corrected chi connectivity index (χ0v) is 12.0. The molecule has 0 radical (unpaired) electrons. The van der Waals surface area contributed by atoms with E-state index < -0.39 is 0 Å². The molecule has 1 aliphatic rings. The minimum atomic E-state index is 0.0212. The van der Waals surface area contributed by atoms with Crippen LogP contribution in [0, 0.1) is 5.92 Å². The zero-order valence-electron chi connectivity index (χ0n) is 12.0. The molecule has 1 saturated heterocycles. The van der Waals surface area contributed by atoms with Crippen molar-refractivity contribution in [1.29, 1.82) is 0 Å². The molecule has 1 rings (SSSR count). The smallest absolute Gasteiger partial charge is 0.246 e. The Kier molecular flexibility index (Phi) is 7.28. The fourth-order valence-electron chi connectivity index (χ4n) is 2.56. The summed E-state index contributed by atoms with van der Waals surface area (Å²) in [7, 11) is 0. The molecule has 106 valence electrons. The normalized spacial score (nSPS) is 18.9. The molecule has 0 aromatic rings. The van der Waals surface area contributed by atoms with Gasteiger partial charge in [0, 0.05) is 6.04 Å². The Morgan fingerprint density at radius 2 is 1.94 bits per heavy atom. The van der Waals surface area contributed by atoms with Gasteiger partial charge in [-0.2, -0.15) is 0 Å². The molecule has 0 aliphatic carbocycles. The summed E-state index contributed by atoms with van der Waals surface area (Å²) in [5, 5.41) is 6.33. The second-order valence-electron chi connectivity index (χ2n) is 5.19.